The van der Waals surface area contributed by atoms with Crippen molar-refractivity contribution in [3.05, 3.63) is 0 Å². The van der Waals surface area contributed by atoms with Gasteiger partial charge in [0.25, 0.3) is 0 Å². The van der Waals surface area contributed by atoms with E-state index in [-0.39, 0.29) is 0 Å². The Hall–Kier alpha value is -0.220. The second-order valence-corrected chi connectivity index (χ2v) is 5.33. The van der Waals surface area contributed by atoms with Crippen molar-refractivity contribution >= 4 is 16.9 Å². The van der Waals surface area contributed by atoms with Gasteiger partial charge in [-0.3, -0.25) is 4.99 Å². The molecule has 0 aromatic rings. The van der Waals surface area contributed by atoms with E-state index in [1.54, 1.807) is 0 Å². The number of nitrogens with one attached hydrogen (secondary N) is 1. The van der Waals surface area contributed by atoms with Gasteiger partial charge in [0.2, 0.25) is 0 Å². The predicted molar refractivity (Wildman–Crippen MR) is 69.8 cm³/mol. The van der Waals surface area contributed by atoms with E-state index in [1.807, 2.05) is 11.8 Å². The molecule has 0 unspecified atom stereocenters. The summed E-state index contributed by atoms with van der Waals surface area (Å²) in [6, 6.07) is 0.660. The van der Waals surface area contributed by atoms with Crippen LogP contribution in [0.1, 0.15) is 26.7 Å². The average molecular weight is 229 g/mol. The number of nitrogens with zero attached hydrogens (tertiary/aromatic N) is 2. The molecule has 88 valence electrons. The van der Waals surface area contributed by atoms with Crippen LogP contribution in [0.4, 0.5) is 0 Å². The summed E-state index contributed by atoms with van der Waals surface area (Å²) in [7, 11) is 2.19. The summed E-state index contributed by atoms with van der Waals surface area (Å²) in [6.45, 7) is 7.73. The molecule has 15 heavy (non-hydrogen) atoms. The number of thioether (sulfide) groups is 1. The van der Waals surface area contributed by atoms with Crippen LogP contribution >= 0.6 is 11.8 Å². The Labute approximate surface area is 97.7 Å². The lowest BCUT2D eigenvalue weighted by Crippen LogP contribution is -2.28. The van der Waals surface area contributed by atoms with Gasteiger partial charge in [-0.1, -0.05) is 11.8 Å². The molecule has 0 aromatic heterocycles. The number of amidine groups is 1. The Balaban J connectivity index is 1.93. The quantitative estimate of drug-likeness (QED) is 0.704. The highest BCUT2D eigenvalue weighted by atomic mass is 32.2. The fraction of sp³-hybridized carbons (Fsp3) is 0.909. The van der Waals surface area contributed by atoms with Crippen LogP contribution in [0.2, 0.25) is 0 Å². The highest BCUT2D eigenvalue weighted by Crippen LogP contribution is 2.08. The third-order valence-corrected chi connectivity index (χ3v) is 3.61. The second kappa shape index (κ2) is 7.12. The fourth-order valence-corrected chi connectivity index (χ4v) is 2.14. The third kappa shape index (κ3) is 5.42. The lowest BCUT2D eigenvalue weighted by molar-refractivity contribution is 0.268. The molecule has 0 saturated carbocycles. The first kappa shape index (κ1) is 12.8. The molecule has 0 saturated heterocycles. The number of unbranched alkanes of at least 4 members (excludes halogenated alkanes) is 1. The van der Waals surface area contributed by atoms with E-state index in [1.165, 1.54) is 19.4 Å². The Kier molecular flexibility index (Phi) is 6.10. The molecule has 1 heterocycles. The van der Waals surface area contributed by atoms with Crippen LogP contribution in [0.5, 0.6) is 0 Å². The number of hydrogen-bond acceptors (Lipinski definition) is 4. The molecular formula is C11H23N3S. The van der Waals surface area contributed by atoms with Crippen LogP contribution in [0.25, 0.3) is 0 Å². The van der Waals surface area contributed by atoms with Gasteiger partial charge in [-0.05, 0) is 40.3 Å². The van der Waals surface area contributed by atoms with Crippen molar-refractivity contribution in [2.45, 2.75) is 32.7 Å². The summed E-state index contributed by atoms with van der Waals surface area (Å²) in [5.74, 6) is 1.15. The van der Waals surface area contributed by atoms with Gasteiger partial charge in [0, 0.05) is 18.3 Å². The van der Waals surface area contributed by atoms with Gasteiger partial charge in [0.1, 0.15) is 0 Å². The first-order chi connectivity index (χ1) is 7.20. The SMILES string of the molecule is CC(C)N(C)CCCCNC1=NCCS1. The van der Waals surface area contributed by atoms with Gasteiger partial charge in [0.15, 0.2) is 5.17 Å². The van der Waals surface area contributed by atoms with Crippen molar-refractivity contribution in [2.75, 3.05) is 32.4 Å². The maximum absolute atomic E-state index is 4.35. The summed E-state index contributed by atoms with van der Waals surface area (Å²) < 4.78 is 0. The summed E-state index contributed by atoms with van der Waals surface area (Å²) in [5.41, 5.74) is 0. The van der Waals surface area contributed by atoms with Gasteiger partial charge >= 0.3 is 0 Å². The minimum absolute atomic E-state index is 0.660. The Morgan fingerprint density at radius 3 is 2.87 bits per heavy atom. The van der Waals surface area contributed by atoms with E-state index in [4.69, 9.17) is 0 Å². The zero-order valence-electron chi connectivity index (χ0n) is 10.1. The normalized spacial score (nSPS) is 16.2. The number of aliphatic imine (C=N–C) groups is 1. The standard InChI is InChI=1S/C11H23N3S/c1-10(2)14(3)8-5-4-6-12-11-13-7-9-15-11/h10H,4-9H2,1-3H3,(H,12,13). The van der Waals surface area contributed by atoms with E-state index in [2.05, 4.69) is 36.1 Å². The van der Waals surface area contributed by atoms with Gasteiger partial charge in [0.05, 0.1) is 6.54 Å². The molecule has 1 aliphatic rings. The average Bonchev–Trinajstić information content (AvgIpc) is 2.69. The topological polar surface area (TPSA) is 27.6 Å². The molecule has 0 aromatic carbocycles. The molecule has 3 nitrogen and oxygen atoms in total. The van der Waals surface area contributed by atoms with Crippen LogP contribution in [-0.2, 0) is 0 Å². The fourth-order valence-electron chi connectivity index (χ4n) is 1.38. The molecule has 0 aliphatic carbocycles. The molecule has 0 fully saturated rings. The van der Waals surface area contributed by atoms with Gasteiger partial charge in [-0.25, -0.2) is 0 Å². The van der Waals surface area contributed by atoms with Crippen molar-refractivity contribution in [1.29, 1.82) is 0 Å². The molecule has 0 radical (unpaired) electrons. The second-order valence-electron chi connectivity index (χ2n) is 4.24. The molecule has 0 bridgehead atoms. The molecule has 1 rings (SSSR count). The van der Waals surface area contributed by atoms with Crippen molar-refractivity contribution in [2.24, 2.45) is 4.99 Å². The van der Waals surface area contributed by atoms with E-state index < -0.39 is 0 Å². The van der Waals surface area contributed by atoms with Crippen molar-refractivity contribution in [1.82, 2.24) is 10.2 Å². The molecule has 0 amide bonds. The highest BCUT2D eigenvalue weighted by molar-refractivity contribution is 8.14. The van der Waals surface area contributed by atoms with Crippen LogP contribution < -0.4 is 5.32 Å². The summed E-state index contributed by atoms with van der Waals surface area (Å²) in [4.78, 5) is 6.75. The first-order valence-electron chi connectivity index (χ1n) is 5.81. The first-order valence-corrected chi connectivity index (χ1v) is 6.80. The zero-order chi connectivity index (χ0) is 11.1. The number of rotatable bonds is 6. The molecule has 0 spiro atoms. The van der Waals surface area contributed by atoms with Crippen LogP contribution in [0.15, 0.2) is 4.99 Å². The highest BCUT2D eigenvalue weighted by Gasteiger charge is 2.05. The van der Waals surface area contributed by atoms with Crippen LogP contribution in [0.3, 0.4) is 0 Å². The Morgan fingerprint density at radius 1 is 1.47 bits per heavy atom. The molecule has 4 heteroatoms. The van der Waals surface area contributed by atoms with E-state index >= 15 is 0 Å². The van der Waals surface area contributed by atoms with Gasteiger partial charge in [-0.15, -0.1) is 0 Å². The van der Waals surface area contributed by atoms with Crippen molar-refractivity contribution in [3.8, 4) is 0 Å². The van der Waals surface area contributed by atoms with Gasteiger partial charge in [-0.2, -0.15) is 0 Å². The maximum Gasteiger partial charge on any atom is 0.156 e. The summed E-state index contributed by atoms with van der Waals surface area (Å²) in [6.07, 6.45) is 2.50. The summed E-state index contributed by atoms with van der Waals surface area (Å²) >= 11 is 1.84. The maximum atomic E-state index is 4.35. The van der Waals surface area contributed by atoms with Gasteiger partial charge < -0.3 is 10.2 Å². The zero-order valence-corrected chi connectivity index (χ0v) is 10.9. The monoisotopic (exact) mass is 229 g/mol. The minimum Gasteiger partial charge on any atom is -0.365 e. The van der Waals surface area contributed by atoms with E-state index in [9.17, 15) is 0 Å². The van der Waals surface area contributed by atoms with Crippen LogP contribution in [0, 0.1) is 0 Å². The van der Waals surface area contributed by atoms with E-state index in [0.717, 1.165) is 24.0 Å². The predicted octanol–water partition coefficient (Wildman–Crippen LogP) is 1.80. The Bertz CT molecular complexity index is 204. The van der Waals surface area contributed by atoms with Crippen LogP contribution in [-0.4, -0.2) is 48.5 Å². The smallest absolute Gasteiger partial charge is 0.156 e. The lowest BCUT2D eigenvalue weighted by atomic mass is 10.2. The lowest BCUT2D eigenvalue weighted by Gasteiger charge is -2.20. The summed E-state index contributed by atoms with van der Waals surface area (Å²) in [5, 5.41) is 4.52. The third-order valence-electron chi connectivity index (χ3n) is 2.68. The number of hydrogen-bond donors (Lipinski definition) is 1. The molecular weight excluding hydrogens is 206 g/mol. The molecule has 0 atom stereocenters. The van der Waals surface area contributed by atoms with Crippen molar-refractivity contribution < 1.29 is 0 Å². The van der Waals surface area contributed by atoms with Crippen molar-refractivity contribution in [3.63, 3.8) is 0 Å². The minimum atomic E-state index is 0.660. The van der Waals surface area contributed by atoms with E-state index in [0.29, 0.717) is 6.04 Å². The molecule has 1 aliphatic heterocycles. The Morgan fingerprint density at radius 2 is 2.27 bits per heavy atom. The largest absolute Gasteiger partial charge is 0.365 e. The molecule has 1 N–H and O–H groups in total.